The van der Waals surface area contributed by atoms with E-state index in [0.29, 0.717) is 13.1 Å². The molecule has 0 saturated heterocycles. The van der Waals surface area contributed by atoms with Crippen LogP contribution in [0.25, 0.3) is 0 Å². The molecule has 2 amide bonds. The van der Waals surface area contributed by atoms with E-state index in [-0.39, 0.29) is 7.97 Å². The molecule has 0 radical (unpaired) electrons. The lowest BCUT2D eigenvalue weighted by molar-refractivity contribution is -0.139. The van der Waals surface area contributed by atoms with Crippen LogP contribution in [0.15, 0.2) is 60.7 Å². The monoisotopic (exact) mass is 494 g/mol. The summed E-state index contributed by atoms with van der Waals surface area (Å²) in [4.78, 5) is 23.8. The molecule has 34 heavy (non-hydrogen) atoms. The van der Waals surface area contributed by atoms with Crippen molar-refractivity contribution in [3.05, 3.63) is 71.8 Å². The van der Waals surface area contributed by atoms with Crippen LogP contribution >= 0.6 is 0 Å². The zero-order valence-corrected chi connectivity index (χ0v) is 18.1. The van der Waals surface area contributed by atoms with E-state index in [1.165, 1.54) is 0 Å². The Bertz CT molecular complexity index is 826. The molecule has 4 N–H and O–H groups in total. The minimum atomic E-state index is -4.40. The summed E-state index contributed by atoms with van der Waals surface area (Å²) in [7, 11) is 0. The normalized spacial score (nSPS) is 11.4. The van der Waals surface area contributed by atoms with Crippen molar-refractivity contribution >= 4 is 11.8 Å². The Kier molecular flexibility index (Phi) is 12.1. The Morgan fingerprint density at radius 1 is 0.735 bits per heavy atom. The predicted octanol–water partition coefficient (Wildman–Crippen LogP) is 3.24. The number of alkyl halides is 6. The molecule has 0 atom stereocenters. The number of nitrogens with zero attached hydrogens (tertiary/aromatic N) is 1. The highest BCUT2D eigenvalue weighted by Crippen LogP contribution is 2.13. The van der Waals surface area contributed by atoms with Crippen molar-refractivity contribution < 1.29 is 37.4 Å². The number of carbonyl (C=O) groups is 2. The molecule has 2 aromatic rings. The molecular formula is C22H28F6N4O2. The first-order chi connectivity index (χ1) is 15.9. The number of amides is 2. The predicted molar refractivity (Wildman–Crippen MR) is 116 cm³/mol. The van der Waals surface area contributed by atoms with Crippen molar-refractivity contribution in [2.45, 2.75) is 25.4 Å². The molecule has 0 aliphatic rings. The third-order valence-electron chi connectivity index (χ3n) is 4.02. The van der Waals surface area contributed by atoms with Crippen molar-refractivity contribution in [3.8, 4) is 0 Å². The second-order valence-electron chi connectivity index (χ2n) is 7.10. The topological polar surface area (TPSA) is 87.5 Å². The number of rotatable bonds is 9. The average Bonchev–Trinajstić information content (AvgIpc) is 2.77. The van der Waals surface area contributed by atoms with Crippen LogP contribution in [-0.4, -0.2) is 55.2 Å². The first-order valence-corrected chi connectivity index (χ1v) is 10.0. The lowest BCUT2D eigenvalue weighted by Gasteiger charge is -2.22. The van der Waals surface area contributed by atoms with Gasteiger partial charge < -0.3 is 16.4 Å². The van der Waals surface area contributed by atoms with Crippen LogP contribution in [0.4, 0.5) is 26.3 Å². The third kappa shape index (κ3) is 14.9. The number of hydrogen-bond acceptors (Lipinski definition) is 4. The molecule has 6 nitrogen and oxygen atoms in total. The van der Waals surface area contributed by atoms with Crippen LogP contribution < -0.4 is 16.4 Å². The van der Waals surface area contributed by atoms with Gasteiger partial charge in [0.05, 0.1) is 13.1 Å². The smallest absolute Gasteiger partial charge is 0.346 e. The largest absolute Gasteiger partial charge is 0.405 e. The van der Waals surface area contributed by atoms with Crippen LogP contribution in [0.3, 0.4) is 0 Å². The Morgan fingerprint density at radius 2 is 1.12 bits per heavy atom. The van der Waals surface area contributed by atoms with Gasteiger partial charge in [-0.05, 0) is 11.1 Å². The zero-order chi connectivity index (χ0) is 25.6. The summed E-state index contributed by atoms with van der Waals surface area (Å²) in [5, 5.41) is 3.50. The summed E-state index contributed by atoms with van der Waals surface area (Å²) in [5.41, 5.74) is 6.72. The molecule has 0 aliphatic heterocycles. The van der Waals surface area contributed by atoms with E-state index >= 15 is 0 Å². The maximum atomic E-state index is 12.2. The van der Waals surface area contributed by atoms with Crippen molar-refractivity contribution in [2.75, 3.05) is 26.2 Å². The van der Waals surface area contributed by atoms with Crippen molar-refractivity contribution in [1.82, 2.24) is 15.5 Å². The average molecular weight is 494 g/mol. The van der Waals surface area contributed by atoms with Crippen LogP contribution in [0.1, 0.15) is 12.6 Å². The first-order valence-electron chi connectivity index (χ1n) is 10.0. The SMILES string of the molecule is NCC(=O)NCC(F)(F)F.O=C(CN(Cc1ccccc1)Cc1ccccc1)NCC(F)(F)F.[HH]. The molecule has 0 spiro atoms. The molecule has 12 heteroatoms. The molecule has 190 valence electrons. The van der Waals surface area contributed by atoms with Gasteiger partial charge in [0.25, 0.3) is 0 Å². The fourth-order valence-electron chi connectivity index (χ4n) is 2.58. The van der Waals surface area contributed by atoms with Crippen LogP contribution in [0.5, 0.6) is 0 Å². The maximum Gasteiger partial charge on any atom is 0.405 e. The van der Waals surface area contributed by atoms with E-state index in [0.717, 1.165) is 11.1 Å². The summed E-state index contributed by atoms with van der Waals surface area (Å²) in [6.45, 7) is -2.18. The second kappa shape index (κ2) is 14.2. The highest BCUT2D eigenvalue weighted by atomic mass is 19.4. The molecule has 2 aromatic carbocycles. The van der Waals surface area contributed by atoms with E-state index in [9.17, 15) is 35.9 Å². The summed E-state index contributed by atoms with van der Waals surface area (Å²) in [6.07, 6.45) is -8.76. The Labute approximate surface area is 194 Å². The lowest BCUT2D eigenvalue weighted by atomic mass is 10.1. The van der Waals surface area contributed by atoms with E-state index in [1.807, 2.05) is 70.9 Å². The second-order valence-corrected chi connectivity index (χ2v) is 7.10. The number of nitrogens with one attached hydrogen (secondary N) is 2. The lowest BCUT2D eigenvalue weighted by Crippen LogP contribution is -2.40. The van der Waals surface area contributed by atoms with Gasteiger partial charge in [-0.15, -0.1) is 0 Å². The molecule has 0 bridgehead atoms. The molecule has 0 saturated carbocycles. The number of halogens is 6. The van der Waals surface area contributed by atoms with Gasteiger partial charge in [-0.2, -0.15) is 26.3 Å². The molecule has 0 fully saturated rings. The van der Waals surface area contributed by atoms with E-state index in [2.05, 4.69) is 0 Å². The molecule has 0 aromatic heterocycles. The van der Waals surface area contributed by atoms with Gasteiger partial charge in [0.1, 0.15) is 13.1 Å². The fraction of sp³-hybridized carbons (Fsp3) is 0.364. The van der Waals surface area contributed by atoms with E-state index < -0.39 is 43.8 Å². The highest BCUT2D eigenvalue weighted by Gasteiger charge is 2.28. The van der Waals surface area contributed by atoms with Crippen LogP contribution in [-0.2, 0) is 22.7 Å². The van der Waals surface area contributed by atoms with Gasteiger partial charge >= 0.3 is 12.4 Å². The molecular weight excluding hydrogens is 466 g/mol. The summed E-state index contributed by atoms with van der Waals surface area (Å²) < 4.78 is 70.5. The van der Waals surface area contributed by atoms with Crippen LogP contribution in [0, 0.1) is 0 Å². The number of carbonyl (C=O) groups excluding carboxylic acids is 2. The molecule has 0 aliphatic carbocycles. The highest BCUT2D eigenvalue weighted by molar-refractivity contribution is 5.78. The summed E-state index contributed by atoms with van der Waals surface area (Å²) in [6, 6.07) is 19.0. The van der Waals surface area contributed by atoms with Crippen LogP contribution in [0.2, 0.25) is 0 Å². The quantitative estimate of drug-likeness (QED) is 0.467. The third-order valence-corrected chi connectivity index (χ3v) is 4.02. The number of nitrogens with two attached hydrogens (primary N) is 1. The van der Waals surface area contributed by atoms with Gasteiger partial charge in [-0.3, -0.25) is 14.5 Å². The minimum absolute atomic E-state index is 0. The van der Waals surface area contributed by atoms with Crippen molar-refractivity contribution in [1.29, 1.82) is 0 Å². The molecule has 0 heterocycles. The van der Waals surface area contributed by atoms with E-state index in [4.69, 9.17) is 5.73 Å². The van der Waals surface area contributed by atoms with Crippen molar-refractivity contribution in [2.24, 2.45) is 5.73 Å². The Morgan fingerprint density at radius 3 is 1.47 bits per heavy atom. The minimum Gasteiger partial charge on any atom is -0.346 e. The van der Waals surface area contributed by atoms with Gasteiger partial charge in [0.15, 0.2) is 0 Å². The molecule has 0 unspecified atom stereocenters. The number of hydrogen-bond donors (Lipinski definition) is 3. The van der Waals surface area contributed by atoms with Gasteiger partial charge in [0.2, 0.25) is 11.8 Å². The van der Waals surface area contributed by atoms with Gasteiger partial charge in [-0.1, -0.05) is 60.7 Å². The molecule has 2 rings (SSSR count). The summed E-state index contributed by atoms with van der Waals surface area (Å²) >= 11 is 0. The van der Waals surface area contributed by atoms with Gasteiger partial charge in [0, 0.05) is 14.5 Å². The van der Waals surface area contributed by atoms with Gasteiger partial charge in [-0.25, -0.2) is 0 Å². The fourth-order valence-corrected chi connectivity index (χ4v) is 2.58. The summed E-state index contributed by atoms with van der Waals surface area (Å²) in [5.74, 6) is -1.45. The first kappa shape index (κ1) is 28.9. The van der Waals surface area contributed by atoms with E-state index in [1.54, 1.807) is 5.32 Å². The maximum absolute atomic E-state index is 12.2. The zero-order valence-electron chi connectivity index (χ0n) is 18.1. The van der Waals surface area contributed by atoms with Crippen molar-refractivity contribution in [3.63, 3.8) is 0 Å². The number of benzene rings is 2. The standard InChI is InChI=1S/C18H19F3N2O.C4H7F3N2O.H2/c19-18(20,21)14-22-17(24)13-23(11-15-7-3-1-4-8-15)12-16-9-5-2-6-10-16;5-4(6,7)2-9-3(10)1-8;/h1-10H,11-14H2,(H,22,24);1-2,8H2,(H,9,10);1H. The Hall–Kier alpha value is -3.12. The Balaban J connectivity index is 0.000000895.